The number of piperazine rings is 1. The molecule has 1 aliphatic carbocycles. The zero-order valence-electron chi connectivity index (χ0n) is 14.8. The summed E-state index contributed by atoms with van der Waals surface area (Å²) in [6.45, 7) is 4.42. The normalized spacial score (nSPS) is 20.7. The van der Waals surface area contributed by atoms with Gasteiger partial charge in [-0.3, -0.25) is 19.8 Å². The van der Waals surface area contributed by atoms with Gasteiger partial charge in [-0.15, -0.1) is 0 Å². The highest BCUT2D eigenvalue weighted by Crippen LogP contribution is 2.28. The molecular weight excluding hydrogens is 308 g/mol. The van der Waals surface area contributed by atoms with Crippen molar-refractivity contribution in [2.75, 3.05) is 33.2 Å². The number of nitrogens with one attached hydrogen (secondary N) is 2. The van der Waals surface area contributed by atoms with Gasteiger partial charge in [0.05, 0.1) is 6.04 Å². The van der Waals surface area contributed by atoms with Crippen LogP contribution in [0.1, 0.15) is 45.4 Å². The topological polar surface area (TPSA) is 81.8 Å². The molecule has 7 nitrogen and oxygen atoms in total. The molecule has 0 spiro atoms. The maximum atomic E-state index is 12.3. The minimum absolute atomic E-state index is 0.240. The first-order valence-corrected chi connectivity index (χ1v) is 9.05. The number of hydrogen-bond donors (Lipinski definition) is 2. The van der Waals surface area contributed by atoms with Gasteiger partial charge in [0.25, 0.3) is 0 Å². The van der Waals surface area contributed by atoms with Gasteiger partial charge in [-0.25, -0.2) is 4.79 Å². The van der Waals surface area contributed by atoms with E-state index in [-0.39, 0.29) is 17.9 Å². The Balaban J connectivity index is 1.70. The van der Waals surface area contributed by atoms with Crippen molar-refractivity contribution in [3.8, 4) is 0 Å². The van der Waals surface area contributed by atoms with E-state index in [0.717, 1.165) is 12.3 Å². The summed E-state index contributed by atoms with van der Waals surface area (Å²) in [5.74, 6) is 0.669. The molecular formula is C17H30N4O3. The minimum Gasteiger partial charge on any atom is -0.341 e. The Morgan fingerprint density at radius 2 is 1.71 bits per heavy atom. The molecule has 0 radical (unpaired) electrons. The van der Waals surface area contributed by atoms with Gasteiger partial charge in [0.15, 0.2) is 0 Å². The molecule has 136 valence electrons. The molecule has 2 aliphatic rings. The van der Waals surface area contributed by atoms with E-state index >= 15 is 0 Å². The lowest BCUT2D eigenvalue weighted by Crippen LogP contribution is -2.56. The summed E-state index contributed by atoms with van der Waals surface area (Å²) < 4.78 is 0. The van der Waals surface area contributed by atoms with E-state index in [1.807, 2.05) is 9.80 Å². The maximum absolute atomic E-state index is 12.3. The highest BCUT2D eigenvalue weighted by atomic mass is 16.2. The van der Waals surface area contributed by atoms with Crippen LogP contribution in [0.2, 0.25) is 0 Å². The first-order valence-electron chi connectivity index (χ1n) is 9.05. The Hall–Kier alpha value is -1.63. The van der Waals surface area contributed by atoms with Gasteiger partial charge in [-0.1, -0.05) is 25.7 Å². The van der Waals surface area contributed by atoms with Crippen LogP contribution in [0.25, 0.3) is 0 Å². The fourth-order valence-electron chi connectivity index (χ4n) is 3.59. The van der Waals surface area contributed by atoms with E-state index in [9.17, 15) is 14.4 Å². The molecule has 24 heavy (non-hydrogen) atoms. The number of carbonyl (C=O) groups is 3. The van der Waals surface area contributed by atoms with Crippen LogP contribution >= 0.6 is 0 Å². The highest BCUT2D eigenvalue weighted by molar-refractivity contribution is 5.96. The Bertz CT molecular complexity index is 455. The summed E-state index contributed by atoms with van der Waals surface area (Å²) in [7, 11) is 1.48. The molecule has 0 aromatic rings. The summed E-state index contributed by atoms with van der Waals surface area (Å²) >= 11 is 0. The van der Waals surface area contributed by atoms with Crippen LogP contribution < -0.4 is 10.6 Å². The Kier molecular flexibility index (Phi) is 7.02. The number of hydrogen-bond acceptors (Lipinski definition) is 4. The molecule has 0 unspecified atom stereocenters. The summed E-state index contributed by atoms with van der Waals surface area (Å²) in [6, 6.07) is -0.870. The van der Waals surface area contributed by atoms with Crippen LogP contribution in [0.5, 0.6) is 0 Å². The molecule has 1 saturated heterocycles. The Labute approximate surface area is 144 Å². The van der Waals surface area contributed by atoms with E-state index in [4.69, 9.17) is 0 Å². The molecule has 7 heteroatoms. The van der Waals surface area contributed by atoms with Gasteiger partial charge in [0.1, 0.15) is 0 Å². The third-order valence-electron chi connectivity index (χ3n) is 5.30. The quantitative estimate of drug-likeness (QED) is 0.782. The fourth-order valence-corrected chi connectivity index (χ4v) is 3.59. The molecule has 2 rings (SSSR count). The smallest absolute Gasteiger partial charge is 0.321 e. The monoisotopic (exact) mass is 338 g/mol. The molecule has 2 N–H and O–H groups in total. The SMILES string of the molecule is CNC(=O)NC(=O)[C@@H](C)N1CCN(C(=O)CCC2CCCC2)CC1. The molecule has 2 fully saturated rings. The summed E-state index contributed by atoms with van der Waals surface area (Å²) in [5, 5.41) is 4.67. The molecule has 0 bridgehead atoms. The summed E-state index contributed by atoms with van der Waals surface area (Å²) in [4.78, 5) is 39.4. The molecule has 1 heterocycles. The van der Waals surface area contributed by atoms with E-state index in [1.54, 1.807) is 6.92 Å². The number of imide groups is 1. The van der Waals surface area contributed by atoms with E-state index < -0.39 is 6.03 Å². The summed E-state index contributed by atoms with van der Waals surface area (Å²) in [6.07, 6.45) is 6.85. The van der Waals surface area contributed by atoms with Gasteiger partial charge >= 0.3 is 6.03 Å². The van der Waals surface area contributed by atoms with Crippen LogP contribution in [0, 0.1) is 5.92 Å². The van der Waals surface area contributed by atoms with Crippen LogP contribution in [0.3, 0.4) is 0 Å². The van der Waals surface area contributed by atoms with Crippen molar-refractivity contribution in [1.82, 2.24) is 20.4 Å². The van der Waals surface area contributed by atoms with Gasteiger partial charge in [-0.05, 0) is 19.3 Å². The van der Waals surface area contributed by atoms with Crippen molar-refractivity contribution < 1.29 is 14.4 Å². The van der Waals surface area contributed by atoms with Crippen molar-refractivity contribution in [3.63, 3.8) is 0 Å². The standard InChI is InChI=1S/C17H30N4O3/c1-13(16(23)19-17(24)18-2)20-9-11-21(12-10-20)15(22)8-7-14-5-3-4-6-14/h13-14H,3-12H2,1-2H3,(H2,18,19,23,24)/t13-/m1/s1. The number of amides is 4. The van der Waals surface area contributed by atoms with Gasteiger partial charge in [0.2, 0.25) is 11.8 Å². The summed E-state index contributed by atoms with van der Waals surface area (Å²) in [5.41, 5.74) is 0. The van der Waals surface area contributed by atoms with Crippen molar-refractivity contribution in [2.45, 2.75) is 51.5 Å². The molecule has 0 aromatic heterocycles. The Morgan fingerprint density at radius 1 is 1.08 bits per heavy atom. The molecule has 0 aromatic carbocycles. The molecule has 1 atom stereocenters. The molecule has 1 saturated carbocycles. The predicted molar refractivity (Wildman–Crippen MR) is 91.4 cm³/mol. The minimum atomic E-state index is -0.493. The Morgan fingerprint density at radius 3 is 2.29 bits per heavy atom. The molecule has 4 amide bonds. The van der Waals surface area contributed by atoms with Crippen LogP contribution in [-0.4, -0.2) is 66.9 Å². The zero-order valence-corrected chi connectivity index (χ0v) is 14.8. The highest BCUT2D eigenvalue weighted by Gasteiger charge is 2.28. The number of nitrogens with zero attached hydrogens (tertiary/aromatic N) is 2. The van der Waals surface area contributed by atoms with Crippen LogP contribution in [-0.2, 0) is 9.59 Å². The fraction of sp³-hybridized carbons (Fsp3) is 0.824. The third-order valence-corrected chi connectivity index (χ3v) is 5.30. The number of rotatable bonds is 5. The van der Waals surface area contributed by atoms with Crippen molar-refractivity contribution in [1.29, 1.82) is 0 Å². The largest absolute Gasteiger partial charge is 0.341 e. The van der Waals surface area contributed by atoms with Crippen molar-refractivity contribution in [2.24, 2.45) is 5.92 Å². The lowest BCUT2D eigenvalue weighted by molar-refractivity contribution is -0.134. The van der Waals surface area contributed by atoms with Gasteiger partial charge in [-0.2, -0.15) is 0 Å². The van der Waals surface area contributed by atoms with E-state index in [2.05, 4.69) is 10.6 Å². The van der Waals surface area contributed by atoms with Crippen LogP contribution in [0.4, 0.5) is 4.79 Å². The van der Waals surface area contributed by atoms with E-state index in [1.165, 1.54) is 32.7 Å². The average Bonchev–Trinajstić information content (AvgIpc) is 3.12. The van der Waals surface area contributed by atoms with Gasteiger partial charge in [0, 0.05) is 39.6 Å². The van der Waals surface area contributed by atoms with Crippen molar-refractivity contribution in [3.05, 3.63) is 0 Å². The lowest BCUT2D eigenvalue weighted by atomic mass is 10.0. The lowest BCUT2D eigenvalue weighted by Gasteiger charge is -2.37. The maximum Gasteiger partial charge on any atom is 0.321 e. The first-order chi connectivity index (χ1) is 11.5. The average molecular weight is 338 g/mol. The van der Waals surface area contributed by atoms with E-state index in [0.29, 0.717) is 32.6 Å². The zero-order chi connectivity index (χ0) is 17.5. The second kappa shape index (κ2) is 9.01. The number of urea groups is 1. The van der Waals surface area contributed by atoms with Crippen molar-refractivity contribution >= 4 is 17.8 Å². The van der Waals surface area contributed by atoms with Crippen LogP contribution in [0.15, 0.2) is 0 Å². The first kappa shape index (κ1) is 18.7. The third kappa shape index (κ3) is 5.19. The molecule has 1 aliphatic heterocycles. The van der Waals surface area contributed by atoms with Gasteiger partial charge < -0.3 is 10.2 Å². The number of carbonyl (C=O) groups excluding carboxylic acids is 3. The predicted octanol–water partition coefficient (Wildman–Crippen LogP) is 0.945. The second-order valence-corrected chi connectivity index (χ2v) is 6.85. The second-order valence-electron chi connectivity index (χ2n) is 6.85.